The molecule has 2 rings (SSSR count). The van der Waals surface area contributed by atoms with Crippen LogP contribution < -0.4 is 16.1 Å². The lowest BCUT2D eigenvalue weighted by Crippen LogP contribution is -2.21. The van der Waals surface area contributed by atoms with E-state index in [1.807, 2.05) is 6.07 Å². The SMILES string of the molecule is NCC(O)CCOc1ccc2ccc(=O)oc2c1. The fourth-order valence-corrected chi connectivity index (χ4v) is 1.56. The molecule has 1 aromatic carbocycles. The largest absolute Gasteiger partial charge is 0.493 e. The highest BCUT2D eigenvalue weighted by Crippen LogP contribution is 2.19. The number of hydrogen-bond acceptors (Lipinski definition) is 5. The molecule has 0 saturated carbocycles. The summed E-state index contributed by atoms with van der Waals surface area (Å²) in [7, 11) is 0. The van der Waals surface area contributed by atoms with Gasteiger partial charge in [-0.1, -0.05) is 0 Å². The fraction of sp³-hybridized carbons (Fsp3) is 0.308. The molecule has 0 amide bonds. The van der Waals surface area contributed by atoms with Crippen molar-refractivity contribution >= 4 is 11.0 Å². The third-order valence-corrected chi connectivity index (χ3v) is 2.59. The molecule has 3 N–H and O–H groups in total. The first-order valence-corrected chi connectivity index (χ1v) is 5.74. The lowest BCUT2D eigenvalue weighted by molar-refractivity contribution is 0.146. The van der Waals surface area contributed by atoms with E-state index in [0.717, 1.165) is 5.39 Å². The van der Waals surface area contributed by atoms with Gasteiger partial charge in [-0.25, -0.2) is 4.79 Å². The van der Waals surface area contributed by atoms with E-state index in [9.17, 15) is 9.90 Å². The molecule has 0 aliphatic carbocycles. The predicted molar refractivity (Wildman–Crippen MR) is 67.7 cm³/mol. The molecule has 5 heteroatoms. The Labute approximate surface area is 104 Å². The highest BCUT2D eigenvalue weighted by molar-refractivity contribution is 5.77. The van der Waals surface area contributed by atoms with E-state index in [2.05, 4.69) is 0 Å². The van der Waals surface area contributed by atoms with Gasteiger partial charge in [0.15, 0.2) is 0 Å². The molecule has 18 heavy (non-hydrogen) atoms. The Morgan fingerprint density at radius 1 is 1.33 bits per heavy atom. The summed E-state index contributed by atoms with van der Waals surface area (Å²) in [4.78, 5) is 11.1. The Balaban J connectivity index is 2.07. The van der Waals surface area contributed by atoms with Crippen molar-refractivity contribution in [3.05, 3.63) is 40.8 Å². The quantitative estimate of drug-likeness (QED) is 0.768. The Hall–Kier alpha value is -1.85. The average molecular weight is 249 g/mol. The number of hydrogen-bond donors (Lipinski definition) is 2. The first-order chi connectivity index (χ1) is 8.69. The van der Waals surface area contributed by atoms with Crippen LogP contribution in [0.4, 0.5) is 0 Å². The maximum atomic E-state index is 11.1. The number of benzene rings is 1. The molecule has 5 nitrogen and oxygen atoms in total. The van der Waals surface area contributed by atoms with Crippen molar-refractivity contribution < 1.29 is 14.3 Å². The Morgan fingerprint density at radius 3 is 2.89 bits per heavy atom. The van der Waals surface area contributed by atoms with Crippen molar-refractivity contribution in [2.45, 2.75) is 12.5 Å². The summed E-state index contributed by atoms with van der Waals surface area (Å²) >= 11 is 0. The molecule has 2 aromatic rings. The zero-order chi connectivity index (χ0) is 13.0. The third-order valence-electron chi connectivity index (χ3n) is 2.59. The van der Waals surface area contributed by atoms with Crippen molar-refractivity contribution in [1.82, 2.24) is 0 Å². The summed E-state index contributed by atoms with van der Waals surface area (Å²) in [6, 6.07) is 8.33. The van der Waals surface area contributed by atoms with Crippen LogP contribution in [0.25, 0.3) is 11.0 Å². The van der Waals surface area contributed by atoms with Crippen LogP contribution >= 0.6 is 0 Å². The van der Waals surface area contributed by atoms with Crippen molar-refractivity contribution in [3.63, 3.8) is 0 Å². The van der Waals surface area contributed by atoms with E-state index >= 15 is 0 Å². The van der Waals surface area contributed by atoms with Gasteiger partial charge in [0, 0.05) is 30.5 Å². The second-order valence-corrected chi connectivity index (χ2v) is 3.98. The van der Waals surface area contributed by atoms with Gasteiger partial charge in [0.25, 0.3) is 0 Å². The smallest absolute Gasteiger partial charge is 0.336 e. The summed E-state index contributed by atoms with van der Waals surface area (Å²) in [6.45, 7) is 0.580. The van der Waals surface area contributed by atoms with E-state index in [0.29, 0.717) is 24.4 Å². The van der Waals surface area contributed by atoms with Crippen LogP contribution in [0.3, 0.4) is 0 Å². The zero-order valence-corrected chi connectivity index (χ0v) is 9.83. The van der Waals surface area contributed by atoms with E-state index in [1.165, 1.54) is 6.07 Å². The summed E-state index contributed by atoms with van der Waals surface area (Å²) in [5, 5.41) is 10.1. The first kappa shape index (κ1) is 12.6. The number of aliphatic hydroxyl groups is 1. The van der Waals surface area contributed by atoms with Crippen LogP contribution in [0.5, 0.6) is 5.75 Å². The van der Waals surface area contributed by atoms with Crippen LogP contribution in [0.1, 0.15) is 6.42 Å². The standard InChI is InChI=1S/C13H15NO4/c14-8-10(15)5-6-17-11-3-1-9-2-4-13(16)18-12(9)7-11/h1-4,7,10,15H,5-6,8,14H2. The second kappa shape index (κ2) is 5.66. The van der Waals surface area contributed by atoms with E-state index in [1.54, 1.807) is 18.2 Å². The van der Waals surface area contributed by atoms with E-state index < -0.39 is 11.7 Å². The monoisotopic (exact) mass is 249 g/mol. The van der Waals surface area contributed by atoms with Crippen LogP contribution in [-0.4, -0.2) is 24.4 Å². The number of aliphatic hydroxyl groups excluding tert-OH is 1. The van der Waals surface area contributed by atoms with Gasteiger partial charge in [-0.05, 0) is 18.2 Å². The molecule has 1 atom stereocenters. The molecular weight excluding hydrogens is 234 g/mol. The van der Waals surface area contributed by atoms with Gasteiger partial charge in [-0.3, -0.25) is 0 Å². The molecule has 0 fully saturated rings. The lowest BCUT2D eigenvalue weighted by Gasteiger charge is -2.09. The third kappa shape index (κ3) is 3.09. The van der Waals surface area contributed by atoms with E-state index in [4.69, 9.17) is 14.9 Å². The minimum Gasteiger partial charge on any atom is -0.493 e. The Kier molecular flexibility index (Phi) is 3.96. The maximum Gasteiger partial charge on any atom is 0.336 e. The van der Waals surface area contributed by atoms with Gasteiger partial charge in [-0.2, -0.15) is 0 Å². The summed E-state index contributed by atoms with van der Waals surface area (Å²) in [5.74, 6) is 0.598. The highest BCUT2D eigenvalue weighted by atomic mass is 16.5. The second-order valence-electron chi connectivity index (χ2n) is 3.98. The minimum atomic E-state index is -0.552. The van der Waals surface area contributed by atoms with Crippen molar-refractivity contribution in [3.8, 4) is 5.75 Å². The number of ether oxygens (including phenoxy) is 1. The molecule has 0 bridgehead atoms. The van der Waals surface area contributed by atoms with Gasteiger partial charge < -0.3 is 20.0 Å². The van der Waals surface area contributed by atoms with E-state index in [-0.39, 0.29) is 6.54 Å². The average Bonchev–Trinajstić information content (AvgIpc) is 2.38. The van der Waals surface area contributed by atoms with Crippen LogP contribution in [0, 0.1) is 0 Å². The molecule has 0 saturated heterocycles. The number of rotatable bonds is 5. The molecular formula is C13H15NO4. The van der Waals surface area contributed by atoms with Crippen LogP contribution in [0.15, 0.2) is 39.5 Å². The Bertz CT molecular complexity index is 578. The summed E-state index contributed by atoms with van der Waals surface area (Å²) in [6.07, 6.45) is -0.0869. The van der Waals surface area contributed by atoms with Crippen molar-refractivity contribution in [2.24, 2.45) is 5.73 Å². The van der Waals surface area contributed by atoms with Gasteiger partial charge in [0.1, 0.15) is 11.3 Å². The molecule has 1 aromatic heterocycles. The maximum absolute atomic E-state index is 11.1. The molecule has 1 heterocycles. The minimum absolute atomic E-state index is 0.218. The van der Waals surface area contributed by atoms with Gasteiger partial charge >= 0.3 is 5.63 Å². The number of nitrogens with two attached hydrogens (primary N) is 1. The van der Waals surface area contributed by atoms with Crippen LogP contribution in [-0.2, 0) is 0 Å². The van der Waals surface area contributed by atoms with Gasteiger partial charge in [0.2, 0.25) is 0 Å². The zero-order valence-electron chi connectivity index (χ0n) is 9.83. The van der Waals surface area contributed by atoms with Crippen molar-refractivity contribution in [2.75, 3.05) is 13.2 Å². The topological polar surface area (TPSA) is 85.7 Å². The lowest BCUT2D eigenvalue weighted by atomic mass is 10.2. The molecule has 0 spiro atoms. The molecule has 1 unspecified atom stereocenters. The normalized spacial score (nSPS) is 12.6. The van der Waals surface area contributed by atoms with Crippen LogP contribution in [0.2, 0.25) is 0 Å². The number of fused-ring (bicyclic) bond motifs is 1. The Morgan fingerprint density at radius 2 is 2.11 bits per heavy atom. The summed E-state index contributed by atoms with van der Waals surface area (Å²) < 4.78 is 10.5. The van der Waals surface area contributed by atoms with Gasteiger partial charge in [-0.15, -0.1) is 0 Å². The highest BCUT2D eigenvalue weighted by Gasteiger charge is 2.03. The molecule has 96 valence electrons. The molecule has 0 radical (unpaired) electrons. The molecule has 0 aliphatic rings. The predicted octanol–water partition coefficient (Wildman–Crippen LogP) is 0.881. The fourth-order valence-electron chi connectivity index (χ4n) is 1.56. The first-order valence-electron chi connectivity index (χ1n) is 5.74. The van der Waals surface area contributed by atoms with Gasteiger partial charge in [0.05, 0.1) is 12.7 Å². The molecule has 0 aliphatic heterocycles. The van der Waals surface area contributed by atoms with Crippen molar-refractivity contribution in [1.29, 1.82) is 0 Å². The summed E-state index contributed by atoms with van der Waals surface area (Å²) in [5.41, 5.74) is 5.38.